The van der Waals surface area contributed by atoms with Gasteiger partial charge in [-0.3, -0.25) is 5.10 Å². The van der Waals surface area contributed by atoms with Crippen LogP contribution in [0.15, 0.2) is 17.3 Å². The summed E-state index contributed by atoms with van der Waals surface area (Å²) in [6.07, 6.45) is 6.40. The summed E-state index contributed by atoms with van der Waals surface area (Å²) in [6, 6.07) is 1.41. The van der Waals surface area contributed by atoms with Crippen LogP contribution in [0.4, 0.5) is 0 Å². The van der Waals surface area contributed by atoms with Crippen molar-refractivity contribution in [2.24, 2.45) is 5.41 Å². The fourth-order valence-corrected chi connectivity index (χ4v) is 3.48. The quantitative estimate of drug-likeness (QED) is 0.733. The van der Waals surface area contributed by atoms with Crippen LogP contribution in [0.2, 0.25) is 0 Å². The maximum absolute atomic E-state index is 11.9. The second kappa shape index (κ2) is 5.38. The smallest absolute Gasteiger partial charge is 0.257 e. The number of hydrogen-bond acceptors (Lipinski definition) is 4. The molecule has 3 N–H and O–H groups in total. The Balaban J connectivity index is 2.02. The largest absolute Gasteiger partial charge is 0.396 e. The van der Waals surface area contributed by atoms with Gasteiger partial charge in [0.25, 0.3) is 10.0 Å². The highest BCUT2D eigenvalue weighted by molar-refractivity contribution is 7.89. The van der Waals surface area contributed by atoms with Gasteiger partial charge in [-0.25, -0.2) is 13.1 Å². The average Bonchev–Trinajstić information content (AvgIpc) is 2.92. The highest BCUT2D eigenvalue weighted by Gasteiger charge is 2.33. The molecule has 1 fully saturated rings. The molecule has 0 amide bonds. The molecule has 102 valence electrons. The lowest BCUT2D eigenvalue weighted by Crippen LogP contribution is -2.41. The van der Waals surface area contributed by atoms with Crippen molar-refractivity contribution in [3.8, 4) is 0 Å². The van der Waals surface area contributed by atoms with Crippen molar-refractivity contribution in [1.29, 1.82) is 0 Å². The molecule has 0 radical (unpaired) electrons. The molecule has 1 aliphatic rings. The lowest BCUT2D eigenvalue weighted by atomic mass is 9.75. The van der Waals surface area contributed by atoms with Crippen molar-refractivity contribution in [2.75, 3.05) is 13.2 Å². The summed E-state index contributed by atoms with van der Waals surface area (Å²) in [5.74, 6) is 0. The first-order valence-electron chi connectivity index (χ1n) is 6.18. The molecular weight excluding hydrogens is 254 g/mol. The average molecular weight is 273 g/mol. The zero-order valence-corrected chi connectivity index (χ0v) is 11.0. The number of aromatic amines is 1. The van der Waals surface area contributed by atoms with Crippen LogP contribution in [0, 0.1) is 5.41 Å². The topological polar surface area (TPSA) is 95.1 Å². The number of H-pyrrole nitrogens is 1. The molecule has 0 saturated heterocycles. The Morgan fingerprint density at radius 3 is 2.67 bits per heavy atom. The maximum atomic E-state index is 11.9. The number of aromatic nitrogens is 2. The molecule has 0 unspecified atom stereocenters. The van der Waals surface area contributed by atoms with Crippen LogP contribution < -0.4 is 4.72 Å². The number of rotatable bonds is 5. The molecule has 1 heterocycles. The van der Waals surface area contributed by atoms with E-state index in [1.807, 2.05) is 0 Å². The number of aliphatic hydroxyl groups is 1. The van der Waals surface area contributed by atoms with E-state index in [-0.39, 0.29) is 23.6 Å². The Bertz CT molecular complexity index is 464. The maximum Gasteiger partial charge on any atom is 0.257 e. The standard InChI is InChI=1S/C11H19N3O3S/c15-9-11(5-2-1-3-6-11)8-13-18(16,17)10-4-7-12-14-10/h4,7,13,15H,1-3,5-6,8-9H2,(H,12,14). The van der Waals surface area contributed by atoms with Crippen LogP contribution in [-0.2, 0) is 10.0 Å². The molecule has 0 spiro atoms. The van der Waals surface area contributed by atoms with Crippen LogP contribution in [0.3, 0.4) is 0 Å². The molecule has 2 rings (SSSR count). The number of aliphatic hydroxyl groups excluding tert-OH is 1. The zero-order chi connectivity index (χ0) is 13.1. The summed E-state index contributed by atoms with van der Waals surface area (Å²) < 4.78 is 26.4. The lowest BCUT2D eigenvalue weighted by molar-refractivity contribution is 0.0867. The van der Waals surface area contributed by atoms with Crippen LogP contribution in [0.1, 0.15) is 32.1 Å². The van der Waals surface area contributed by atoms with Crippen LogP contribution in [0.25, 0.3) is 0 Å². The lowest BCUT2D eigenvalue weighted by Gasteiger charge is -2.35. The van der Waals surface area contributed by atoms with Crippen molar-refractivity contribution < 1.29 is 13.5 Å². The minimum absolute atomic E-state index is 0.0263. The third-order valence-electron chi connectivity index (χ3n) is 3.65. The van der Waals surface area contributed by atoms with Crippen molar-refractivity contribution in [2.45, 2.75) is 37.1 Å². The predicted octanol–water partition coefficient (Wildman–Crippen LogP) is 0.631. The molecule has 18 heavy (non-hydrogen) atoms. The summed E-state index contributed by atoms with van der Waals surface area (Å²) >= 11 is 0. The van der Waals surface area contributed by atoms with Crippen LogP contribution in [-0.4, -0.2) is 36.9 Å². The van der Waals surface area contributed by atoms with Gasteiger partial charge < -0.3 is 5.11 Å². The van der Waals surface area contributed by atoms with Crippen molar-refractivity contribution in [1.82, 2.24) is 14.9 Å². The molecular formula is C11H19N3O3S. The molecule has 1 saturated carbocycles. The molecule has 0 atom stereocenters. The molecule has 6 nitrogen and oxygen atoms in total. The van der Waals surface area contributed by atoms with Crippen LogP contribution in [0.5, 0.6) is 0 Å². The predicted molar refractivity (Wildman–Crippen MR) is 66.4 cm³/mol. The highest BCUT2D eigenvalue weighted by atomic mass is 32.2. The number of hydrogen-bond donors (Lipinski definition) is 3. The van der Waals surface area contributed by atoms with E-state index >= 15 is 0 Å². The van der Waals surface area contributed by atoms with E-state index in [2.05, 4.69) is 14.9 Å². The number of nitrogens with zero attached hydrogens (tertiary/aromatic N) is 1. The summed E-state index contributed by atoms with van der Waals surface area (Å²) in [5.41, 5.74) is -0.300. The van der Waals surface area contributed by atoms with E-state index in [1.54, 1.807) is 0 Å². The van der Waals surface area contributed by atoms with Gasteiger partial charge in [-0.05, 0) is 18.9 Å². The van der Waals surface area contributed by atoms with E-state index in [1.165, 1.54) is 12.3 Å². The first kappa shape index (κ1) is 13.5. The van der Waals surface area contributed by atoms with Gasteiger partial charge >= 0.3 is 0 Å². The van der Waals surface area contributed by atoms with Crippen molar-refractivity contribution in [3.05, 3.63) is 12.3 Å². The minimum atomic E-state index is -3.54. The van der Waals surface area contributed by atoms with Crippen molar-refractivity contribution in [3.63, 3.8) is 0 Å². The molecule has 0 aliphatic heterocycles. The fourth-order valence-electron chi connectivity index (χ4n) is 2.41. The Morgan fingerprint density at radius 1 is 1.39 bits per heavy atom. The highest BCUT2D eigenvalue weighted by Crippen LogP contribution is 2.35. The second-order valence-electron chi connectivity index (χ2n) is 4.96. The normalized spacial score (nSPS) is 19.8. The van der Waals surface area contributed by atoms with Gasteiger partial charge in [-0.2, -0.15) is 5.10 Å². The Hall–Kier alpha value is -0.920. The van der Waals surface area contributed by atoms with E-state index in [4.69, 9.17) is 0 Å². The number of sulfonamides is 1. The molecule has 7 heteroatoms. The van der Waals surface area contributed by atoms with Crippen molar-refractivity contribution >= 4 is 10.0 Å². The first-order valence-corrected chi connectivity index (χ1v) is 7.66. The molecule has 0 bridgehead atoms. The third kappa shape index (κ3) is 2.90. The molecule has 1 aliphatic carbocycles. The van der Waals surface area contributed by atoms with Gasteiger partial charge in [0.15, 0.2) is 5.03 Å². The zero-order valence-electron chi connectivity index (χ0n) is 10.2. The summed E-state index contributed by atoms with van der Waals surface area (Å²) in [6.45, 7) is 0.309. The fraction of sp³-hybridized carbons (Fsp3) is 0.727. The second-order valence-corrected chi connectivity index (χ2v) is 6.70. The van der Waals surface area contributed by atoms with E-state index in [9.17, 15) is 13.5 Å². The van der Waals surface area contributed by atoms with Gasteiger partial charge in [0.2, 0.25) is 0 Å². The van der Waals surface area contributed by atoms with Gasteiger partial charge in [0, 0.05) is 18.6 Å². The first-order chi connectivity index (χ1) is 8.58. The summed E-state index contributed by atoms with van der Waals surface area (Å²) in [5, 5.41) is 15.6. The van der Waals surface area contributed by atoms with E-state index in [0.717, 1.165) is 32.1 Å². The van der Waals surface area contributed by atoms with E-state index < -0.39 is 10.0 Å². The van der Waals surface area contributed by atoms with Crippen LogP contribution >= 0.6 is 0 Å². The summed E-state index contributed by atoms with van der Waals surface area (Å²) in [4.78, 5) is 0. The Labute approximate surface area is 107 Å². The Kier molecular flexibility index (Phi) is 4.04. The minimum Gasteiger partial charge on any atom is -0.396 e. The summed E-state index contributed by atoms with van der Waals surface area (Å²) in [7, 11) is -3.54. The van der Waals surface area contributed by atoms with Gasteiger partial charge in [0.05, 0.1) is 6.20 Å². The van der Waals surface area contributed by atoms with Gasteiger partial charge in [-0.1, -0.05) is 19.3 Å². The molecule has 0 aromatic carbocycles. The third-order valence-corrected chi connectivity index (χ3v) is 4.98. The number of nitrogens with one attached hydrogen (secondary N) is 2. The molecule has 1 aromatic rings. The van der Waals surface area contributed by atoms with Gasteiger partial charge in [0.1, 0.15) is 0 Å². The Morgan fingerprint density at radius 2 is 2.11 bits per heavy atom. The monoisotopic (exact) mass is 273 g/mol. The molecule has 1 aromatic heterocycles. The van der Waals surface area contributed by atoms with Gasteiger partial charge in [-0.15, -0.1) is 0 Å². The van der Waals surface area contributed by atoms with E-state index in [0.29, 0.717) is 0 Å². The SMILES string of the molecule is O=S(=O)(NCC1(CO)CCCCC1)c1ccn[nH]1.